The number of esters is 2. The molecule has 2 aromatic carbocycles. The first-order chi connectivity index (χ1) is 16.0. The number of hydrogen-bond acceptors (Lipinski definition) is 7. The van der Waals surface area contributed by atoms with Gasteiger partial charge in [-0.3, -0.25) is 9.59 Å². The highest BCUT2D eigenvalue weighted by Crippen LogP contribution is 2.52. The van der Waals surface area contributed by atoms with E-state index in [2.05, 4.69) is 0 Å². The van der Waals surface area contributed by atoms with Crippen LogP contribution in [-0.2, 0) is 28.6 Å². The lowest BCUT2D eigenvalue weighted by Crippen LogP contribution is -2.52. The molecule has 0 radical (unpaired) electrons. The van der Waals surface area contributed by atoms with Crippen LogP contribution in [-0.4, -0.2) is 38.0 Å². The van der Waals surface area contributed by atoms with Crippen LogP contribution in [0.15, 0.2) is 54.6 Å². The van der Waals surface area contributed by atoms with E-state index < -0.39 is 29.7 Å². The third kappa shape index (κ3) is 4.45. The van der Waals surface area contributed by atoms with Crippen LogP contribution < -0.4 is 5.06 Å². The van der Waals surface area contributed by atoms with Crippen molar-refractivity contribution in [2.75, 3.05) is 24.9 Å². The standard InChI is InChI=1S/C25H28ClNO6/c1-3-30-23(28)25(24(29)31-4-2)16-18-14-15-32-22(18)33-27(20-8-6-5-7-9-20)21(25)17-10-12-19(26)13-11-17/h5-13,18,21-22H,3-4,14-16H2,1-2H3/t18-,21+,22-/m1/s1. The number of rotatable bonds is 6. The second-order valence-electron chi connectivity index (χ2n) is 8.13. The molecule has 2 fully saturated rings. The number of ether oxygens (including phenoxy) is 3. The van der Waals surface area contributed by atoms with Crippen LogP contribution >= 0.6 is 11.6 Å². The van der Waals surface area contributed by atoms with E-state index in [9.17, 15) is 9.59 Å². The molecule has 2 aliphatic rings. The number of benzene rings is 2. The molecule has 176 valence electrons. The Bertz CT molecular complexity index is 949. The maximum absolute atomic E-state index is 13.7. The second-order valence-corrected chi connectivity index (χ2v) is 8.56. The monoisotopic (exact) mass is 473 g/mol. The lowest BCUT2D eigenvalue weighted by Gasteiger charge is -2.41. The van der Waals surface area contributed by atoms with Gasteiger partial charge in [0.05, 0.1) is 25.5 Å². The molecule has 2 saturated heterocycles. The van der Waals surface area contributed by atoms with E-state index in [0.717, 1.165) is 0 Å². The Morgan fingerprint density at radius 1 is 1.03 bits per heavy atom. The van der Waals surface area contributed by atoms with Crippen molar-refractivity contribution in [1.82, 2.24) is 0 Å². The molecule has 0 saturated carbocycles. The number of nitrogens with zero attached hydrogens (tertiary/aromatic N) is 1. The van der Waals surface area contributed by atoms with Crippen LogP contribution in [0, 0.1) is 11.3 Å². The molecule has 2 aromatic rings. The minimum absolute atomic E-state index is 0.129. The summed E-state index contributed by atoms with van der Waals surface area (Å²) >= 11 is 6.16. The number of anilines is 1. The molecule has 0 unspecified atom stereocenters. The van der Waals surface area contributed by atoms with E-state index in [4.69, 9.17) is 30.6 Å². The van der Waals surface area contributed by atoms with E-state index in [0.29, 0.717) is 29.3 Å². The Balaban J connectivity index is 1.98. The Kier molecular flexibility index (Phi) is 7.22. The van der Waals surface area contributed by atoms with Gasteiger partial charge in [0.25, 0.3) is 0 Å². The largest absolute Gasteiger partial charge is 0.465 e. The van der Waals surface area contributed by atoms with Crippen molar-refractivity contribution in [3.05, 3.63) is 65.2 Å². The number of fused-ring (bicyclic) bond motifs is 1. The summed E-state index contributed by atoms with van der Waals surface area (Å²) in [6.07, 6.45) is 0.221. The fraction of sp³-hybridized carbons (Fsp3) is 0.440. The Morgan fingerprint density at radius 2 is 1.67 bits per heavy atom. The molecular formula is C25H28ClNO6. The van der Waals surface area contributed by atoms with Gasteiger partial charge in [0.15, 0.2) is 11.7 Å². The third-order valence-electron chi connectivity index (χ3n) is 6.13. The predicted octanol–water partition coefficient (Wildman–Crippen LogP) is 4.70. The summed E-state index contributed by atoms with van der Waals surface area (Å²) in [6, 6.07) is 15.5. The van der Waals surface area contributed by atoms with Gasteiger partial charge in [0.1, 0.15) is 6.04 Å². The first kappa shape index (κ1) is 23.5. The number of halogens is 1. The van der Waals surface area contributed by atoms with Crippen molar-refractivity contribution in [3.63, 3.8) is 0 Å². The van der Waals surface area contributed by atoms with E-state index >= 15 is 0 Å². The Morgan fingerprint density at radius 3 is 2.27 bits per heavy atom. The summed E-state index contributed by atoms with van der Waals surface area (Å²) in [5.74, 6) is -1.47. The third-order valence-corrected chi connectivity index (χ3v) is 6.39. The molecule has 0 aliphatic carbocycles. The van der Waals surface area contributed by atoms with Crippen LogP contribution in [0.4, 0.5) is 5.69 Å². The molecule has 7 nitrogen and oxygen atoms in total. The van der Waals surface area contributed by atoms with Gasteiger partial charge in [0.2, 0.25) is 0 Å². The highest BCUT2D eigenvalue weighted by Gasteiger charge is 2.62. The van der Waals surface area contributed by atoms with Crippen LogP contribution in [0.25, 0.3) is 0 Å². The number of hydrogen-bond donors (Lipinski definition) is 0. The molecule has 8 heteroatoms. The molecule has 0 aromatic heterocycles. The topological polar surface area (TPSA) is 74.3 Å². The Labute approximate surface area is 198 Å². The molecular weight excluding hydrogens is 446 g/mol. The summed E-state index contributed by atoms with van der Waals surface area (Å²) in [5.41, 5.74) is -0.334. The molecule has 0 bridgehead atoms. The van der Waals surface area contributed by atoms with Crippen LogP contribution in [0.2, 0.25) is 5.02 Å². The fourth-order valence-corrected chi connectivity index (χ4v) is 4.79. The van der Waals surface area contributed by atoms with E-state index in [1.165, 1.54) is 0 Å². The summed E-state index contributed by atoms with van der Waals surface area (Å²) in [4.78, 5) is 33.9. The fourth-order valence-electron chi connectivity index (χ4n) is 4.66. The lowest BCUT2D eigenvalue weighted by atomic mass is 9.70. The smallest absolute Gasteiger partial charge is 0.326 e. The molecule has 33 heavy (non-hydrogen) atoms. The molecule has 2 aliphatic heterocycles. The molecule has 0 spiro atoms. The molecule has 0 N–H and O–H groups in total. The van der Waals surface area contributed by atoms with E-state index in [-0.39, 0.29) is 25.6 Å². The zero-order chi connectivity index (χ0) is 23.4. The summed E-state index contributed by atoms with van der Waals surface area (Å²) in [7, 11) is 0. The number of carbonyl (C=O) groups is 2. The predicted molar refractivity (Wildman–Crippen MR) is 122 cm³/mol. The van der Waals surface area contributed by atoms with Gasteiger partial charge in [-0.25, -0.2) is 9.90 Å². The minimum atomic E-state index is -1.68. The summed E-state index contributed by atoms with van der Waals surface area (Å²) < 4.78 is 16.9. The van der Waals surface area contributed by atoms with Crippen molar-refractivity contribution < 1.29 is 28.6 Å². The van der Waals surface area contributed by atoms with Crippen molar-refractivity contribution in [3.8, 4) is 0 Å². The van der Waals surface area contributed by atoms with Gasteiger partial charge in [-0.05, 0) is 56.5 Å². The van der Waals surface area contributed by atoms with Crippen LogP contribution in [0.1, 0.15) is 38.3 Å². The highest BCUT2D eigenvalue weighted by molar-refractivity contribution is 6.30. The van der Waals surface area contributed by atoms with Crippen LogP contribution in [0.5, 0.6) is 0 Å². The van der Waals surface area contributed by atoms with E-state index in [1.807, 2.05) is 30.3 Å². The van der Waals surface area contributed by atoms with Gasteiger partial charge in [-0.15, -0.1) is 0 Å². The maximum atomic E-state index is 13.7. The maximum Gasteiger partial charge on any atom is 0.326 e. The van der Waals surface area contributed by atoms with Crippen molar-refractivity contribution in [2.24, 2.45) is 11.3 Å². The summed E-state index contributed by atoms with van der Waals surface area (Å²) in [6.45, 7) is 4.18. The Hall–Kier alpha value is -2.61. The molecule has 2 heterocycles. The van der Waals surface area contributed by atoms with E-state index in [1.54, 1.807) is 43.2 Å². The zero-order valence-corrected chi connectivity index (χ0v) is 19.5. The number of para-hydroxylation sites is 1. The van der Waals surface area contributed by atoms with Crippen molar-refractivity contribution in [1.29, 1.82) is 0 Å². The minimum Gasteiger partial charge on any atom is -0.465 e. The van der Waals surface area contributed by atoms with Gasteiger partial charge in [-0.1, -0.05) is 41.9 Å². The number of hydroxylamine groups is 1. The van der Waals surface area contributed by atoms with Gasteiger partial charge in [-0.2, -0.15) is 0 Å². The SMILES string of the molecule is CCOC(=O)C1(C(=O)OCC)C[C@H]2CCO[C@@H]2ON(c2ccccc2)[C@H]1c1ccc(Cl)cc1. The number of carbonyl (C=O) groups excluding carboxylic acids is 2. The zero-order valence-electron chi connectivity index (χ0n) is 18.7. The van der Waals surface area contributed by atoms with Gasteiger partial charge >= 0.3 is 11.9 Å². The summed E-state index contributed by atoms with van der Waals surface area (Å²) in [5, 5.41) is 2.14. The van der Waals surface area contributed by atoms with Crippen molar-refractivity contribution in [2.45, 2.75) is 39.0 Å². The van der Waals surface area contributed by atoms with Gasteiger partial charge in [0, 0.05) is 10.9 Å². The lowest BCUT2D eigenvalue weighted by molar-refractivity contribution is -0.176. The second kappa shape index (κ2) is 10.1. The molecule has 0 amide bonds. The average Bonchev–Trinajstić information content (AvgIpc) is 3.20. The van der Waals surface area contributed by atoms with Crippen LogP contribution in [0.3, 0.4) is 0 Å². The van der Waals surface area contributed by atoms with Crippen molar-refractivity contribution >= 4 is 29.2 Å². The first-order valence-corrected chi connectivity index (χ1v) is 11.6. The molecule has 4 rings (SSSR count). The first-order valence-electron chi connectivity index (χ1n) is 11.2. The average molecular weight is 474 g/mol. The normalized spacial score (nSPS) is 24.0. The highest BCUT2D eigenvalue weighted by atomic mass is 35.5. The van der Waals surface area contributed by atoms with Gasteiger partial charge < -0.3 is 14.2 Å². The molecule has 3 atom stereocenters. The quantitative estimate of drug-likeness (QED) is 0.444.